The molecule has 15 heavy (non-hydrogen) atoms. The number of amides is 1. The van der Waals surface area contributed by atoms with Crippen LogP contribution in [0.4, 0.5) is 0 Å². The van der Waals surface area contributed by atoms with Crippen molar-refractivity contribution < 1.29 is 4.79 Å². The smallest absolute Gasteiger partial charge is 0.234 e. The number of hydrogen-bond donors (Lipinski definition) is 1. The summed E-state index contributed by atoms with van der Waals surface area (Å²) >= 11 is 5.92. The summed E-state index contributed by atoms with van der Waals surface area (Å²) < 4.78 is 0. The molecule has 1 aromatic rings. The van der Waals surface area contributed by atoms with Gasteiger partial charge in [0.05, 0.1) is 6.04 Å². The number of nitrogens with zero attached hydrogens (tertiary/aromatic N) is 2. The van der Waals surface area contributed by atoms with E-state index in [4.69, 9.17) is 17.3 Å². The van der Waals surface area contributed by atoms with Crippen molar-refractivity contribution >= 4 is 17.5 Å². The second-order valence-corrected chi connectivity index (χ2v) is 3.99. The van der Waals surface area contributed by atoms with Gasteiger partial charge in [-0.05, 0) is 12.5 Å². The van der Waals surface area contributed by atoms with E-state index in [0.29, 0.717) is 11.7 Å². The fraction of sp³-hybridized carbons (Fsp3) is 0.400. The van der Waals surface area contributed by atoms with E-state index in [1.165, 1.54) is 0 Å². The number of carbonyl (C=O) groups excluding carboxylic acids is 1. The average molecular weight is 226 g/mol. The van der Waals surface area contributed by atoms with Gasteiger partial charge in [0, 0.05) is 24.8 Å². The summed E-state index contributed by atoms with van der Waals surface area (Å²) in [5.41, 5.74) is 6.19. The molecule has 2 N–H and O–H groups in total. The lowest BCUT2D eigenvalue weighted by molar-refractivity contribution is -0.127. The van der Waals surface area contributed by atoms with Crippen molar-refractivity contribution in [1.82, 2.24) is 9.88 Å². The van der Waals surface area contributed by atoms with Gasteiger partial charge in [-0.1, -0.05) is 17.7 Å². The van der Waals surface area contributed by atoms with E-state index in [9.17, 15) is 4.79 Å². The third-order valence-corrected chi connectivity index (χ3v) is 3.01. The Hall–Kier alpha value is -1.13. The maximum Gasteiger partial charge on any atom is 0.234 e. The predicted octanol–water partition coefficient (Wildman–Crippen LogP) is 0.795. The largest absolute Gasteiger partial charge is 0.368 e. The minimum Gasteiger partial charge on any atom is -0.368 e. The van der Waals surface area contributed by atoms with Gasteiger partial charge < -0.3 is 5.73 Å². The quantitative estimate of drug-likeness (QED) is 0.774. The summed E-state index contributed by atoms with van der Waals surface area (Å²) in [7, 11) is 0. The zero-order valence-corrected chi connectivity index (χ0v) is 8.94. The van der Waals surface area contributed by atoms with Crippen molar-refractivity contribution in [1.29, 1.82) is 0 Å². The second-order valence-electron chi connectivity index (χ2n) is 3.63. The fourth-order valence-electron chi connectivity index (χ4n) is 1.71. The van der Waals surface area contributed by atoms with Gasteiger partial charge in [-0.15, -0.1) is 0 Å². The van der Waals surface area contributed by atoms with E-state index in [-0.39, 0.29) is 11.9 Å². The number of pyridine rings is 1. The minimum atomic E-state index is -0.263. The Balaban J connectivity index is 2.04. The van der Waals surface area contributed by atoms with Gasteiger partial charge >= 0.3 is 0 Å². The van der Waals surface area contributed by atoms with Crippen LogP contribution in [0, 0.1) is 0 Å². The van der Waals surface area contributed by atoms with Gasteiger partial charge in [0.15, 0.2) is 0 Å². The zero-order chi connectivity index (χ0) is 10.8. The number of primary amides is 1. The molecule has 0 aromatic carbocycles. The van der Waals surface area contributed by atoms with Crippen molar-refractivity contribution in [2.75, 3.05) is 6.54 Å². The van der Waals surface area contributed by atoms with Gasteiger partial charge in [-0.3, -0.25) is 9.69 Å². The zero-order valence-electron chi connectivity index (χ0n) is 8.19. The first kappa shape index (κ1) is 10.4. The SMILES string of the molecule is NC(=O)C1CCN1Cc1cccnc1Cl. The maximum absolute atomic E-state index is 11.0. The number of carbonyl (C=O) groups is 1. The predicted molar refractivity (Wildman–Crippen MR) is 57.3 cm³/mol. The Morgan fingerprint density at radius 2 is 2.53 bits per heavy atom. The van der Waals surface area contributed by atoms with Gasteiger partial charge in [-0.2, -0.15) is 0 Å². The lowest BCUT2D eigenvalue weighted by Gasteiger charge is -2.38. The molecule has 0 radical (unpaired) electrons. The molecule has 1 unspecified atom stereocenters. The molecule has 0 spiro atoms. The number of rotatable bonds is 3. The first-order valence-electron chi connectivity index (χ1n) is 4.81. The Bertz CT molecular complexity index is 383. The van der Waals surface area contributed by atoms with Crippen molar-refractivity contribution in [2.45, 2.75) is 19.0 Å². The molecule has 1 aromatic heterocycles. The van der Waals surface area contributed by atoms with Gasteiger partial charge in [0.1, 0.15) is 5.15 Å². The number of aromatic nitrogens is 1. The molecule has 0 aliphatic carbocycles. The van der Waals surface area contributed by atoms with E-state index in [2.05, 4.69) is 4.98 Å². The molecular formula is C10H12ClN3O. The van der Waals surface area contributed by atoms with Crippen molar-refractivity contribution in [2.24, 2.45) is 5.73 Å². The van der Waals surface area contributed by atoms with E-state index < -0.39 is 0 Å². The number of nitrogens with two attached hydrogens (primary N) is 1. The summed E-state index contributed by atoms with van der Waals surface area (Å²) in [6.45, 7) is 1.53. The topological polar surface area (TPSA) is 59.2 Å². The van der Waals surface area contributed by atoms with Crippen LogP contribution < -0.4 is 5.73 Å². The molecule has 1 saturated heterocycles. The molecular weight excluding hydrogens is 214 g/mol. The highest BCUT2D eigenvalue weighted by molar-refractivity contribution is 6.30. The van der Waals surface area contributed by atoms with Crippen LogP contribution in [-0.4, -0.2) is 28.4 Å². The fourth-order valence-corrected chi connectivity index (χ4v) is 1.89. The van der Waals surface area contributed by atoms with Gasteiger partial charge in [0.2, 0.25) is 5.91 Å². The standard InChI is InChI=1S/C10H12ClN3O/c11-9-7(2-1-4-13-9)6-14-5-3-8(14)10(12)15/h1-2,4,8H,3,5-6H2,(H2,12,15). The number of halogens is 1. The molecule has 1 aliphatic rings. The molecule has 4 nitrogen and oxygen atoms in total. The van der Waals surface area contributed by atoms with Gasteiger partial charge in [-0.25, -0.2) is 4.98 Å². The molecule has 1 aliphatic heterocycles. The molecule has 5 heteroatoms. The Morgan fingerprint density at radius 3 is 3.07 bits per heavy atom. The summed E-state index contributed by atoms with van der Waals surface area (Å²) in [6, 6.07) is 3.60. The Labute approximate surface area is 93.0 Å². The highest BCUT2D eigenvalue weighted by Crippen LogP contribution is 2.22. The monoisotopic (exact) mass is 225 g/mol. The van der Waals surface area contributed by atoms with Crippen LogP contribution in [0.25, 0.3) is 0 Å². The average Bonchev–Trinajstić information content (AvgIpc) is 2.13. The summed E-state index contributed by atoms with van der Waals surface area (Å²) in [6.07, 6.45) is 2.49. The third kappa shape index (κ3) is 2.11. The molecule has 0 saturated carbocycles. The lowest BCUT2D eigenvalue weighted by atomic mass is 10.0. The van der Waals surface area contributed by atoms with Crippen LogP contribution >= 0.6 is 11.6 Å². The molecule has 2 heterocycles. The summed E-state index contributed by atoms with van der Waals surface area (Å²) in [5, 5.41) is 0.493. The van der Waals surface area contributed by atoms with Gasteiger partial charge in [0.25, 0.3) is 0 Å². The molecule has 1 fully saturated rings. The van der Waals surface area contributed by atoms with Crippen LogP contribution in [0.5, 0.6) is 0 Å². The Morgan fingerprint density at radius 1 is 1.73 bits per heavy atom. The van der Waals surface area contributed by atoms with E-state index in [1.54, 1.807) is 6.20 Å². The Kier molecular flexibility index (Phi) is 2.88. The normalized spacial score (nSPS) is 21.0. The van der Waals surface area contributed by atoms with E-state index >= 15 is 0 Å². The lowest BCUT2D eigenvalue weighted by Crippen LogP contribution is -2.54. The van der Waals surface area contributed by atoms with Crippen molar-refractivity contribution in [3.05, 3.63) is 29.0 Å². The number of likely N-dealkylation sites (tertiary alicyclic amines) is 1. The van der Waals surface area contributed by atoms with Crippen LogP contribution in [-0.2, 0) is 11.3 Å². The molecule has 2 rings (SSSR count). The van der Waals surface area contributed by atoms with Crippen molar-refractivity contribution in [3.63, 3.8) is 0 Å². The van der Waals surface area contributed by atoms with Crippen LogP contribution in [0.3, 0.4) is 0 Å². The van der Waals surface area contributed by atoms with Crippen LogP contribution in [0.2, 0.25) is 5.15 Å². The van der Waals surface area contributed by atoms with Crippen LogP contribution in [0.1, 0.15) is 12.0 Å². The molecule has 80 valence electrons. The first-order chi connectivity index (χ1) is 7.18. The van der Waals surface area contributed by atoms with Crippen LogP contribution in [0.15, 0.2) is 18.3 Å². The second kappa shape index (κ2) is 4.16. The first-order valence-corrected chi connectivity index (χ1v) is 5.19. The highest BCUT2D eigenvalue weighted by Gasteiger charge is 2.32. The van der Waals surface area contributed by atoms with E-state index in [1.807, 2.05) is 17.0 Å². The third-order valence-electron chi connectivity index (χ3n) is 2.67. The maximum atomic E-state index is 11.0. The van der Waals surface area contributed by atoms with Crippen molar-refractivity contribution in [3.8, 4) is 0 Å². The molecule has 1 amide bonds. The summed E-state index contributed by atoms with van der Waals surface area (Å²) in [4.78, 5) is 17.0. The highest BCUT2D eigenvalue weighted by atomic mass is 35.5. The number of hydrogen-bond acceptors (Lipinski definition) is 3. The summed E-state index contributed by atoms with van der Waals surface area (Å²) in [5.74, 6) is -0.263. The molecule has 0 bridgehead atoms. The molecule has 1 atom stereocenters. The van der Waals surface area contributed by atoms with E-state index in [0.717, 1.165) is 18.5 Å². The minimum absolute atomic E-state index is 0.138.